The van der Waals surface area contributed by atoms with Crippen LogP contribution in [-0.4, -0.2) is 32.0 Å². The van der Waals surface area contributed by atoms with Crippen LogP contribution >= 0.6 is 0 Å². The van der Waals surface area contributed by atoms with Crippen LogP contribution in [0.1, 0.15) is 5.56 Å². The number of hydrogen-bond donors (Lipinski definition) is 1. The molecule has 88 valence electrons. The summed E-state index contributed by atoms with van der Waals surface area (Å²) >= 11 is 0. The number of ether oxygens (including phenoxy) is 1. The van der Waals surface area contributed by atoms with Gasteiger partial charge in [-0.15, -0.1) is 0 Å². The molecule has 5 nitrogen and oxygen atoms in total. The second-order valence-corrected chi connectivity index (χ2v) is 5.24. The number of benzene rings is 1. The summed E-state index contributed by atoms with van der Waals surface area (Å²) < 4.78 is 27.8. The van der Waals surface area contributed by atoms with Gasteiger partial charge in [-0.25, -0.2) is 13.2 Å². The topological polar surface area (TPSA) is 80.7 Å². The first-order valence-electron chi connectivity index (χ1n) is 4.48. The van der Waals surface area contributed by atoms with Crippen molar-refractivity contribution in [1.29, 1.82) is 0 Å². The minimum Gasteiger partial charge on any atom is -0.479 e. The van der Waals surface area contributed by atoms with Crippen molar-refractivity contribution in [2.45, 2.75) is 11.2 Å². The van der Waals surface area contributed by atoms with Crippen molar-refractivity contribution >= 4 is 15.8 Å². The Morgan fingerprint density at radius 1 is 1.38 bits per heavy atom. The fourth-order valence-electron chi connectivity index (χ4n) is 1.28. The van der Waals surface area contributed by atoms with Crippen molar-refractivity contribution in [2.75, 3.05) is 7.11 Å². The van der Waals surface area contributed by atoms with Gasteiger partial charge >= 0.3 is 5.97 Å². The average Bonchev–Trinajstić information content (AvgIpc) is 2.18. The smallest absolute Gasteiger partial charge is 0.348 e. The van der Waals surface area contributed by atoms with Crippen LogP contribution in [0.15, 0.2) is 30.3 Å². The first-order valence-corrected chi connectivity index (χ1v) is 6.20. The highest BCUT2D eigenvalue weighted by molar-refractivity contribution is 7.91. The molecule has 0 spiro atoms. The Labute approximate surface area is 93.6 Å². The summed E-state index contributed by atoms with van der Waals surface area (Å²) in [5.74, 6) is -1.85. The van der Waals surface area contributed by atoms with E-state index in [1.165, 1.54) is 0 Å². The van der Waals surface area contributed by atoms with E-state index in [2.05, 4.69) is 4.74 Å². The molecule has 0 aliphatic heterocycles. The monoisotopic (exact) mass is 244 g/mol. The molecule has 1 aromatic carbocycles. The number of carbonyl (C=O) groups is 1. The number of sulfone groups is 1. The predicted molar refractivity (Wildman–Crippen MR) is 57.5 cm³/mol. The Morgan fingerprint density at radius 3 is 2.38 bits per heavy atom. The number of hydrogen-bond acceptors (Lipinski definition) is 4. The molecule has 0 amide bonds. The molecule has 1 rings (SSSR count). The van der Waals surface area contributed by atoms with E-state index in [1.807, 2.05) is 0 Å². The minimum absolute atomic E-state index is 0.349. The van der Waals surface area contributed by atoms with Gasteiger partial charge in [-0.3, -0.25) is 0 Å². The number of rotatable bonds is 5. The molecule has 0 aliphatic carbocycles. The van der Waals surface area contributed by atoms with Crippen LogP contribution in [-0.2, 0) is 25.1 Å². The SMILES string of the molecule is COC(C(=O)O)S(=O)(=O)Cc1ccccc1. The molecule has 0 aliphatic rings. The Hall–Kier alpha value is -1.40. The van der Waals surface area contributed by atoms with E-state index in [-0.39, 0.29) is 5.75 Å². The molecule has 0 saturated heterocycles. The Bertz CT molecular complexity index is 451. The third-order valence-electron chi connectivity index (χ3n) is 1.95. The number of aliphatic carboxylic acids is 1. The lowest BCUT2D eigenvalue weighted by atomic mass is 10.2. The molecule has 16 heavy (non-hydrogen) atoms. The zero-order valence-electron chi connectivity index (χ0n) is 8.66. The van der Waals surface area contributed by atoms with E-state index in [1.54, 1.807) is 30.3 Å². The van der Waals surface area contributed by atoms with Crippen molar-refractivity contribution in [3.63, 3.8) is 0 Å². The van der Waals surface area contributed by atoms with Gasteiger partial charge in [0.15, 0.2) is 9.84 Å². The third-order valence-corrected chi connectivity index (χ3v) is 3.73. The van der Waals surface area contributed by atoms with Crippen molar-refractivity contribution in [1.82, 2.24) is 0 Å². The average molecular weight is 244 g/mol. The van der Waals surface area contributed by atoms with Gasteiger partial charge in [-0.05, 0) is 5.56 Å². The normalized spacial score (nSPS) is 13.3. The summed E-state index contributed by atoms with van der Waals surface area (Å²) in [7, 11) is -2.79. The lowest BCUT2D eigenvalue weighted by Gasteiger charge is -2.11. The van der Waals surface area contributed by atoms with E-state index < -0.39 is 21.2 Å². The molecule has 1 unspecified atom stereocenters. The summed E-state index contributed by atoms with van der Waals surface area (Å²) in [6, 6.07) is 8.36. The lowest BCUT2D eigenvalue weighted by Crippen LogP contribution is -2.32. The van der Waals surface area contributed by atoms with Crippen molar-refractivity contribution in [3.05, 3.63) is 35.9 Å². The van der Waals surface area contributed by atoms with E-state index in [0.29, 0.717) is 5.56 Å². The van der Waals surface area contributed by atoms with Gasteiger partial charge < -0.3 is 9.84 Å². The van der Waals surface area contributed by atoms with E-state index >= 15 is 0 Å². The summed E-state index contributed by atoms with van der Waals surface area (Å²) in [5, 5.41) is 8.68. The largest absolute Gasteiger partial charge is 0.479 e. The quantitative estimate of drug-likeness (QED) is 0.822. The molecule has 0 bridgehead atoms. The van der Waals surface area contributed by atoms with Gasteiger partial charge in [-0.1, -0.05) is 30.3 Å². The number of carboxylic acid groups (broad SMARTS) is 1. The van der Waals surface area contributed by atoms with Crippen LogP contribution < -0.4 is 0 Å². The third kappa shape index (κ3) is 3.04. The van der Waals surface area contributed by atoms with Crippen LogP contribution in [0, 0.1) is 0 Å². The van der Waals surface area contributed by atoms with Crippen LogP contribution in [0.4, 0.5) is 0 Å². The lowest BCUT2D eigenvalue weighted by molar-refractivity contribution is -0.143. The molecule has 1 atom stereocenters. The van der Waals surface area contributed by atoms with Crippen molar-refractivity contribution in [3.8, 4) is 0 Å². The minimum atomic E-state index is -3.85. The summed E-state index contributed by atoms with van der Waals surface area (Å²) in [5.41, 5.74) is -1.28. The zero-order valence-corrected chi connectivity index (χ0v) is 9.48. The van der Waals surface area contributed by atoms with Gasteiger partial charge in [0.05, 0.1) is 5.75 Å². The fraction of sp³-hybridized carbons (Fsp3) is 0.300. The van der Waals surface area contributed by atoms with Crippen LogP contribution in [0.3, 0.4) is 0 Å². The van der Waals surface area contributed by atoms with Gasteiger partial charge in [-0.2, -0.15) is 0 Å². The molecule has 6 heteroatoms. The molecule has 0 aromatic heterocycles. The molecule has 0 radical (unpaired) electrons. The molecule has 0 fully saturated rings. The number of methoxy groups -OCH3 is 1. The van der Waals surface area contributed by atoms with Crippen LogP contribution in [0.5, 0.6) is 0 Å². The zero-order chi connectivity index (χ0) is 12.2. The van der Waals surface area contributed by atoms with Gasteiger partial charge in [0.25, 0.3) is 5.44 Å². The highest BCUT2D eigenvalue weighted by Gasteiger charge is 2.32. The Morgan fingerprint density at radius 2 is 1.94 bits per heavy atom. The fourth-order valence-corrected chi connectivity index (χ4v) is 2.69. The van der Waals surface area contributed by atoms with E-state index in [4.69, 9.17) is 5.11 Å². The van der Waals surface area contributed by atoms with Gasteiger partial charge in [0.1, 0.15) is 0 Å². The van der Waals surface area contributed by atoms with Gasteiger partial charge in [0, 0.05) is 7.11 Å². The summed E-state index contributed by atoms with van der Waals surface area (Å²) in [4.78, 5) is 10.7. The summed E-state index contributed by atoms with van der Waals surface area (Å²) in [6.45, 7) is 0. The standard InChI is InChI=1S/C10H12O5S/c1-15-10(9(11)12)16(13,14)7-8-5-3-2-4-6-8/h2-6,10H,7H2,1H3,(H,11,12). The molecule has 0 heterocycles. The first-order chi connectivity index (χ1) is 7.47. The second-order valence-electron chi connectivity index (χ2n) is 3.20. The molecule has 1 N–H and O–H groups in total. The Kier molecular flexibility index (Phi) is 4.03. The van der Waals surface area contributed by atoms with Crippen molar-refractivity contribution in [2.24, 2.45) is 0 Å². The van der Waals surface area contributed by atoms with Gasteiger partial charge in [0.2, 0.25) is 0 Å². The highest BCUT2D eigenvalue weighted by Crippen LogP contribution is 2.12. The highest BCUT2D eigenvalue weighted by atomic mass is 32.2. The molecule has 0 saturated carbocycles. The van der Waals surface area contributed by atoms with Crippen molar-refractivity contribution < 1.29 is 23.1 Å². The summed E-state index contributed by atoms with van der Waals surface area (Å²) in [6.07, 6.45) is 0. The van der Waals surface area contributed by atoms with E-state index in [9.17, 15) is 13.2 Å². The second kappa shape index (κ2) is 5.09. The predicted octanol–water partition coefficient (Wildman–Crippen LogP) is 0.658. The number of carboxylic acids is 1. The van der Waals surface area contributed by atoms with Crippen LogP contribution in [0.25, 0.3) is 0 Å². The Balaban J connectivity index is 2.91. The maximum atomic E-state index is 11.7. The molecule has 1 aromatic rings. The van der Waals surface area contributed by atoms with Crippen LogP contribution in [0.2, 0.25) is 0 Å². The maximum absolute atomic E-state index is 11.7. The molecular formula is C10H12O5S. The molecular weight excluding hydrogens is 232 g/mol. The van der Waals surface area contributed by atoms with E-state index in [0.717, 1.165) is 7.11 Å². The first kappa shape index (κ1) is 12.7. The maximum Gasteiger partial charge on any atom is 0.348 e.